The predicted molar refractivity (Wildman–Crippen MR) is 148 cm³/mol. The average molecular weight is 526 g/mol. The monoisotopic (exact) mass is 525 g/mol. The number of piperazine rings is 1. The van der Waals surface area contributed by atoms with Crippen molar-refractivity contribution in [2.45, 2.75) is 13.8 Å². The average Bonchev–Trinajstić information content (AvgIpc) is 3.13. The van der Waals surface area contributed by atoms with Crippen molar-refractivity contribution in [3.63, 3.8) is 0 Å². The van der Waals surface area contributed by atoms with Crippen molar-refractivity contribution in [2.75, 3.05) is 42.5 Å². The summed E-state index contributed by atoms with van der Waals surface area (Å²) in [5.41, 5.74) is 2.80. The van der Waals surface area contributed by atoms with Crippen LogP contribution < -0.4 is 15.4 Å². The number of likely N-dealkylation sites (N-methyl/N-ethyl adjacent to an activating group) is 1. The fourth-order valence-corrected chi connectivity index (χ4v) is 5.92. The van der Waals surface area contributed by atoms with Crippen LogP contribution in [0.2, 0.25) is 5.02 Å². The molecule has 180 valence electrons. The van der Waals surface area contributed by atoms with Crippen molar-refractivity contribution in [1.29, 1.82) is 0 Å². The third kappa shape index (κ3) is 4.55. The number of pyridine rings is 1. The smallest absolute Gasteiger partial charge is 0.267 e. The van der Waals surface area contributed by atoms with Gasteiger partial charge >= 0.3 is 0 Å². The minimum Gasteiger partial charge on any atom is -0.368 e. The number of aryl methyl sites for hydroxylation is 1. The van der Waals surface area contributed by atoms with Crippen LogP contribution in [-0.4, -0.2) is 57.2 Å². The van der Waals surface area contributed by atoms with E-state index in [-0.39, 0.29) is 11.5 Å². The van der Waals surface area contributed by atoms with Crippen molar-refractivity contribution < 1.29 is 4.79 Å². The summed E-state index contributed by atoms with van der Waals surface area (Å²) < 4.78 is 2.05. The van der Waals surface area contributed by atoms with Gasteiger partial charge in [0.15, 0.2) is 0 Å². The lowest BCUT2D eigenvalue weighted by Gasteiger charge is -2.37. The van der Waals surface area contributed by atoms with E-state index in [0.717, 1.165) is 24.3 Å². The zero-order valence-corrected chi connectivity index (χ0v) is 21.8. The van der Waals surface area contributed by atoms with Gasteiger partial charge in [-0.05, 0) is 49.8 Å². The molecule has 4 heterocycles. The van der Waals surface area contributed by atoms with E-state index in [1.807, 2.05) is 50.2 Å². The first-order valence-electron chi connectivity index (χ1n) is 11.4. The Morgan fingerprint density at radius 1 is 1.11 bits per heavy atom. The number of amides is 1. The quantitative estimate of drug-likeness (QED) is 0.373. The minimum absolute atomic E-state index is 0.173. The van der Waals surface area contributed by atoms with Gasteiger partial charge in [0.05, 0.1) is 10.5 Å². The summed E-state index contributed by atoms with van der Waals surface area (Å²) in [6.45, 7) is 7.18. The number of benzene rings is 1. The standard InChI is InChI=1S/C25H24ClN5O2S2/c1-3-30-24(33)20(35-25(30)34)14-19-22(27-21-8-7-16(2)15-31(21)23(19)32)29-11-9-28(10-12-29)18-6-4-5-17(26)13-18/h4-8,13-15H,3,9-12H2,1-2H3. The Bertz CT molecular complexity index is 1430. The first kappa shape index (κ1) is 23.8. The number of anilines is 2. The van der Waals surface area contributed by atoms with Crippen LogP contribution in [0.25, 0.3) is 11.7 Å². The maximum atomic E-state index is 13.7. The molecule has 0 atom stereocenters. The molecule has 1 aromatic carbocycles. The maximum absolute atomic E-state index is 13.7. The molecule has 3 aromatic rings. The van der Waals surface area contributed by atoms with E-state index in [1.54, 1.807) is 21.6 Å². The zero-order valence-electron chi connectivity index (χ0n) is 19.4. The summed E-state index contributed by atoms with van der Waals surface area (Å²) >= 11 is 12.8. The molecule has 2 saturated heterocycles. The van der Waals surface area contributed by atoms with Crippen molar-refractivity contribution >= 4 is 69.0 Å². The van der Waals surface area contributed by atoms with Gasteiger partial charge in [0, 0.05) is 49.6 Å². The lowest BCUT2D eigenvalue weighted by atomic mass is 10.2. The van der Waals surface area contributed by atoms with Crippen LogP contribution in [0.4, 0.5) is 11.5 Å². The van der Waals surface area contributed by atoms with E-state index >= 15 is 0 Å². The lowest BCUT2D eigenvalue weighted by molar-refractivity contribution is -0.121. The molecule has 0 saturated carbocycles. The summed E-state index contributed by atoms with van der Waals surface area (Å²) in [4.78, 5) is 37.8. The highest BCUT2D eigenvalue weighted by atomic mass is 35.5. The Balaban J connectivity index is 1.54. The molecule has 0 bridgehead atoms. The summed E-state index contributed by atoms with van der Waals surface area (Å²) in [5, 5.41) is 0.705. The van der Waals surface area contributed by atoms with Crippen LogP contribution in [0.15, 0.2) is 52.3 Å². The number of thiocarbonyl (C=S) groups is 1. The molecule has 7 nitrogen and oxygen atoms in total. The molecular formula is C25H24ClN5O2S2. The van der Waals surface area contributed by atoms with Gasteiger partial charge in [0.25, 0.3) is 11.5 Å². The largest absolute Gasteiger partial charge is 0.368 e. The highest BCUT2D eigenvalue weighted by Crippen LogP contribution is 2.33. The normalized spacial score (nSPS) is 17.8. The van der Waals surface area contributed by atoms with E-state index in [4.69, 9.17) is 28.8 Å². The molecule has 0 radical (unpaired) electrons. The summed E-state index contributed by atoms with van der Waals surface area (Å²) in [6, 6.07) is 11.6. The Hall–Kier alpha value is -2.88. The number of hydrogen-bond donors (Lipinski definition) is 0. The van der Waals surface area contributed by atoms with E-state index in [2.05, 4.69) is 9.80 Å². The molecule has 1 amide bonds. The number of carbonyl (C=O) groups excluding carboxylic acids is 1. The fourth-order valence-electron chi connectivity index (χ4n) is 4.37. The fraction of sp³-hybridized carbons (Fsp3) is 0.280. The molecule has 0 unspecified atom stereocenters. The Morgan fingerprint density at radius 3 is 2.54 bits per heavy atom. The molecule has 0 N–H and O–H groups in total. The molecule has 5 rings (SSSR count). The Morgan fingerprint density at radius 2 is 1.86 bits per heavy atom. The first-order valence-corrected chi connectivity index (χ1v) is 13.0. The van der Waals surface area contributed by atoms with Crippen molar-refractivity contribution in [1.82, 2.24) is 14.3 Å². The Kier molecular flexibility index (Phi) is 6.57. The number of aromatic nitrogens is 2. The molecule has 0 aliphatic carbocycles. The van der Waals surface area contributed by atoms with Crippen LogP contribution in [0.3, 0.4) is 0 Å². The second-order valence-electron chi connectivity index (χ2n) is 8.47. The maximum Gasteiger partial charge on any atom is 0.267 e. The van der Waals surface area contributed by atoms with Crippen LogP contribution >= 0.6 is 35.6 Å². The minimum atomic E-state index is -0.201. The number of fused-ring (bicyclic) bond motifs is 1. The predicted octanol–water partition coefficient (Wildman–Crippen LogP) is 4.20. The van der Waals surface area contributed by atoms with Gasteiger partial charge in [-0.1, -0.05) is 47.7 Å². The summed E-state index contributed by atoms with van der Waals surface area (Å²) in [6.07, 6.45) is 3.44. The van der Waals surface area contributed by atoms with Crippen LogP contribution in [0, 0.1) is 6.92 Å². The molecular weight excluding hydrogens is 502 g/mol. The van der Waals surface area contributed by atoms with Crippen LogP contribution in [0.1, 0.15) is 18.1 Å². The van der Waals surface area contributed by atoms with Gasteiger partial charge in [-0.2, -0.15) is 0 Å². The SMILES string of the molecule is CCN1C(=O)C(=Cc2c(N3CCN(c4cccc(Cl)c4)CC3)nc3ccc(C)cn3c2=O)SC1=S. The number of halogens is 1. The van der Waals surface area contributed by atoms with Gasteiger partial charge < -0.3 is 9.80 Å². The van der Waals surface area contributed by atoms with Crippen molar-refractivity contribution in [3.8, 4) is 0 Å². The number of nitrogens with zero attached hydrogens (tertiary/aromatic N) is 5. The molecule has 10 heteroatoms. The van der Waals surface area contributed by atoms with Gasteiger partial charge in [-0.15, -0.1) is 0 Å². The van der Waals surface area contributed by atoms with Gasteiger partial charge in [-0.3, -0.25) is 18.9 Å². The van der Waals surface area contributed by atoms with E-state index in [9.17, 15) is 9.59 Å². The van der Waals surface area contributed by atoms with E-state index < -0.39 is 0 Å². The van der Waals surface area contributed by atoms with Crippen molar-refractivity contribution in [2.24, 2.45) is 0 Å². The summed E-state index contributed by atoms with van der Waals surface area (Å²) in [5.74, 6) is 0.416. The van der Waals surface area contributed by atoms with E-state index in [1.165, 1.54) is 11.8 Å². The molecule has 2 aliphatic heterocycles. The number of thioether (sulfide) groups is 1. The summed E-state index contributed by atoms with van der Waals surface area (Å²) in [7, 11) is 0. The number of carbonyl (C=O) groups is 1. The molecule has 2 aromatic heterocycles. The molecule has 35 heavy (non-hydrogen) atoms. The molecule has 2 fully saturated rings. The third-order valence-electron chi connectivity index (χ3n) is 6.20. The van der Waals surface area contributed by atoms with E-state index in [0.29, 0.717) is 50.9 Å². The first-order chi connectivity index (χ1) is 16.9. The molecule has 2 aliphatic rings. The van der Waals surface area contributed by atoms with Gasteiger partial charge in [-0.25, -0.2) is 4.98 Å². The van der Waals surface area contributed by atoms with Crippen molar-refractivity contribution in [3.05, 3.63) is 74.0 Å². The molecule has 0 spiro atoms. The Labute approximate surface area is 218 Å². The second kappa shape index (κ2) is 9.64. The highest BCUT2D eigenvalue weighted by molar-refractivity contribution is 8.26. The van der Waals surface area contributed by atoms with Gasteiger partial charge in [0.2, 0.25) is 0 Å². The second-order valence-corrected chi connectivity index (χ2v) is 10.6. The topological polar surface area (TPSA) is 61.2 Å². The highest BCUT2D eigenvalue weighted by Gasteiger charge is 2.32. The number of hydrogen-bond acceptors (Lipinski definition) is 7. The van der Waals surface area contributed by atoms with Crippen LogP contribution in [0.5, 0.6) is 0 Å². The third-order valence-corrected chi connectivity index (χ3v) is 7.82. The lowest BCUT2D eigenvalue weighted by Crippen LogP contribution is -2.47. The van der Waals surface area contributed by atoms with Gasteiger partial charge in [0.1, 0.15) is 15.8 Å². The zero-order chi connectivity index (χ0) is 24.7. The number of rotatable bonds is 4. The van der Waals surface area contributed by atoms with Crippen LogP contribution in [-0.2, 0) is 4.79 Å².